The largest absolute Gasteiger partial charge is 0.490 e. The van der Waals surface area contributed by atoms with Crippen molar-refractivity contribution in [1.82, 2.24) is 14.9 Å². The van der Waals surface area contributed by atoms with Crippen LogP contribution in [0.1, 0.15) is 32.1 Å². The maximum atomic E-state index is 12.2. The van der Waals surface area contributed by atoms with Gasteiger partial charge >= 0.3 is 29.2 Å². The van der Waals surface area contributed by atoms with Gasteiger partial charge in [0, 0.05) is 24.1 Å². The van der Waals surface area contributed by atoms with E-state index in [0.717, 1.165) is 4.57 Å². The van der Waals surface area contributed by atoms with E-state index in [2.05, 4.69) is 23.4 Å². The highest BCUT2D eigenvalue weighted by Gasteiger charge is 2.43. The lowest BCUT2D eigenvalue weighted by Gasteiger charge is -2.23. The number of aromatic nitrogens is 2. The van der Waals surface area contributed by atoms with Gasteiger partial charge in [-0.15, -0.1) is 0 Å². The first-order chi connectivity index (χ1) is 15.4. The summed E-state index contributed by atoms with van der Waals surface area (Å²) in [5, 5.41) is 2.98. The zero-order valence-corrected chi connectivity index (χ0v) is 21.5. The average Bonchev–Trinajstić information content (AvgIpc) is 3.02. The number of H-pyrrole nitrogens is 1. The number of rotatable bonds is 10. The molecule has 34 heavy (non-hydrogen) atoms. The minimum absolute atomic E-state index is 0.0917. The molecule has 20 heteroatoms. The van der Waals surface area contributed by atoms with Crippen molar-refractivity contribution in [2.75, 3.05) is 6.61 Å². The molecule has 2 heterocycles. The van der Waals surface area contributed by atoms with Gasteiger partial charge in [-0.1, -0.05) is 26.1 Å². The Morgan fingerprint density at radius 3 is 2.41 bits per heavy atom. The SMILES string of the molecule is Cc1cn([C@H]2C[C@H](NC(=S)C(C)C)[C@@H](COP(=O)(O)OP(=O)(O)OP(=O)(O)O)O2)c(=O)[nH]c1=O. The standard InChI is InChI=1S/C14H24N3O13P3S/c1-7(2)13(34)15-9-4-11(17-5-8(3)12(18)16-14(17)19)28-10(9)6-27-32(23,24)30-33(25,26)29-31(20,21)22/h5,7,9-11H,4,6H2,1-3H3,(H,15,34)(H,23,24)(H,25,26)(H,16,18,19)(H2,20,21,22)/t9-,10+,11+/m0/s1. The van der Waals surface area contributed by atoms with E-state index in [4.69, 9.17) is 26.7 Å². The summed E-state index contributed by atoms with van der Waals surface area (Å²) in [5.41, 5.74) is -1.12. The van der Waals surface area contributed by atoms with Crippen LogP contribution < -0.4 is 16.6 Å². The van der Waals surface area contributed by atoms with Gasteiger partial charge in [-0.2, -0.15) is 8.62 Å². The van der Waals surface area contributed by atoms with Crippen molar-refractivity contribution in [3.8, 4) is 0 Å². The van der Waals surface area contributed by atoms with E-state index >= 15 is 0 Å². The van der Waals surface area contributed by atoms with Gasteiger partial charge in [0.25, 0.3) is 5.56 Å². The Kier molecular flexibility index (Phi) is 9.36. The topological polar surface area (TPSA) is 236 Å². The number of hydrogen-bond acceptors (Lipinski definition) is 10. The van der Waals surface area contributed by atoms with Crippen molar-refractivity contribution in [1.29, 1.82) is 0 Å². The summed E-state index contributed by atoms with van der Waals surface area (Å²) in [7, 11) is -16.6. The predicted molar refractivity (Wildman–Crippen MR) is 119 cm³/mol. The molecule has 1 aromatic heterocycles. The summed E-state index contributed by atoms with van der Waals surface area (Å²) in [6, 6.07) is -0.675. The monoisotopic (exact) mass is 567 g/mol. The average molecular weight is 567 g/mol. The molecule has 16 nitrogen and oxygen atoms in total. The number of nitrogens with zero attached hydrogens (tertiary/aromatic N) is 1. The van der Waals surface area contributed by atoms with Crippen LogP contribution in [0.25, 0.3) is 0 Å². The molecule has 1 aromatic rings. The molecule has 2 unspecified atom stereocenters. The Balaban J connectivity index is 2.20. The Hall–Kier alpha value is -1.06. The van der Waals surface area contributed by atoms with Gasteiger partial charge in [0.1, 0.15) is 12.3 Å². The number of thiocarbonyl (C=S) groups is 1. The molecule has 1 saturated heterocycles. The molecule has 0 aromatic carbocycles. The lowest BCUT2D eigenvalue weighted by molar-refractivity contribution is -0.0277. The van der Waals surface area contributed by atoms with Gasteiger partial charge in [0.05, 0.1) is 17.6 Å². The fourth-order valence-corrected chi connectivity index (χ4v) is 6.01. The highest BCUT2D eigenvalue weighted by molar-refractivity contribution is 7.80. The van der Waals surface area contributed by atoms with E-state index < -0.39 is 59.7 Å². The molecule has 2 rings (SSSR count). The van der Waals surface area contributed by atoms with E-state index in [0.29, 0.717) is 4.99 Å². The Morgan fingerprint density at radius 2 is 1.85 bits per heavy atom. The highest BCUT2D eigenvalue weighted by atomic mass is 32.1. The third kappa shape index (κ3) is 8.55. The van der Waals surface area contributed by atoms with Gasteiger partial charge < -0.3 is 29.6 Å². The van der Waals surface area contributed by atoms with E-state index in [9.17, 15) is 33.1 Å². The van der Waals surface area contributed by atoms with Gasteiger partial charge in [-0.25, -0.2) is 18.5 Å². The third-order valence-electron chi connectivity index (χ3n) is 4.36. The first kappa shape index (κ1) is 29.2. The van der Waals surface area contributed by atoms with Crippen LogP contribution in [0, 0.1) is 12.8 Å². The van der Waals surface area contributed by atoms with Crippen molar-refractivity contribution in [3.63, 3.8) is 0 Å². The molecule has 0 saturated carbocycles. The van der Waals surface area contributed by atoms with Crippen LogP contribution in [0.4, 0.5) is 0 Å². The highest BCUT2D eigenvalue weighted by Crippen LogP contribution is 2.66. The number of hydrogen-bond donors (Lipinski definition) is 6. The Morgan fingerprint density at radius 1 is 1.24 bits per heavy atom. The Labute approximate surface area is 197 Å². The van der Waals surface area contributed by atoms with Crippen LogP contribution in [0.3, 0.4) is 0 Å². The molecule has 1 fully saturated rings. The Bertz CT molecular complexity index is 1180. The summed E-state index contributed by atoms with van der Waals surface area (Å²) in [4.78, 5) is 62.5. The smallest absolute Gasteiger partial charge is 0.374 e. The first-order valence-electron chi connectivity index (χ1n) is 9.45. The molecule has 6 N–H and O–H groups in total. The minimum Gasteiger partial charge on any atom is -0.374 e. The van der Waals surface area contributed by atoms with Gasteiger partial charge in [0.2, 0.25) is 0 Å². The number of ether oxygens (including phenoxy) is 1. The van der Waals surface area contributed by atoms with Crippen molar-refractivity contribution >= 4 is 40.7 Å². The number of aryl methyl sites for hydroxylation is 1. The zero-order chi connectivity index (χ0) is 26.1. The zero-order valence-electron chi connectivity index (χ0n) is 18.0. The van der Waals surface area contributed by atoms with E-state index in [1.54, 1.807) is 13.8 Å². The molecular formula is C14H24N3O13P3S. The van der Waals surface area contributed by atoms with Crippen molar-refractivity contribution < 1.29 is 51.2 Å². The number of nitrogens with one attached hydrogen (secondary N) is 2. The summed E-state index contributed by atoms with van der Waals surface area (Å²) in [6.07, 6.45) is -0.646. The third-order valence-corrected chi connectivity index (χ3v) is 8.75. The molecule has 0 amide bonds. The normalized spacial score (nSPS) is 24.5. The second kappa shape index (κ2) is 10.9. The molecular weight excluding hydrogens is 543 g/mol. The summed E-state index contributed by atoms with van der Waals surface area (Å²) < 4.78 is 53.1. The second-order valence-corrected chi connectivity index (χ2v) is 12.4. The molecule has 0 spiro atoms. The van der Waals surface area contributed by atoms with Crippen LogP contribution in [-0.4, -0.2) is 52.9 Å². The molecule has 1 aliphatic rings. The van der Waals surface area contributed by atoms with E-state index in [-0.39, 0.29) is 17.9 Å². The minimum atomic E-state index is -5.68. The number of phosphoric acid groups is 3. The summed E-state index contributed by atoms with van der Waals surface area (Å²) in [5.74, 6) is -0.0917. The van der Waals surface area contributed by atoms with Gasteiger partial charge in [-0.3, -0.25) is 18.9 Å². The number of aromatic amines is 1. The molecule has 5 atom stereocenters. The van der Waals surface area contributed by atoms with Crippen LogP contribution in [0.15, 0.2) is 15.8 Å². The fourth-order valence-electron chi connectivity index (χ4n) is 2.83. The number of phosphoric ester groups is 1. The summed E-state index contributed by atoms with van der Waals surface area (Å²) in [6.45, 7) is 4.34. The first-order valence-corrected chi connectivity index (χ1v) is 14.4. The van der Waals surface area contributed by atoms with E-state index in [1.807, 2.05) is 0 Å². The lowest BCUT2D eigenvalue weighted by atomic mass is 10.1. The van der Waals surface area contributed by atoms with Crippen molar-refractivity contribution in [3.05, 3.63) is 32.6 Å². The lowest BCUT2D eigenvalue weighted by Crippen LogP contribution is -2.43. The quantitative estimate of drug-likeness (QED) is 0.166. The summed E-state index contributed by atoms with van der Waals surface area (Å²) >= 11 is 5.25. The van der Waals surface area contributed by atoms with Crippen molar-refractivity contribution in [2.45, 2.75) is 45.6 Å². The molecule has 194 valence electrons. The fraction of sp³-hybridized carbons (Fsp3) is 0.643. The van der Waals surface area contributed by atoms with Crippen LogP contribution in [0.2, 0.25) is 0 Å². The predicted octanol–water partition coefficient (Wildman–Crippen LogP) is 0.417. The second-order valence-electron chi connectivity index (χ2n) is 7.50. The molecule has 0 aliphatic carbocycles. The van der Waals surface area contributed by atoms with Crippen LogP contribution >= 0.6 is 35.7 Å². The molecule has 1 aliphatic heterocycles. The molecule has 0 radical (unpaired) electrons. The van der Waals surface area contributed by atoms with Crippen molar-refractivity contribution in [2.24, 2.45) is 5.92 Å². The maximum absolute atomic E-state index is 12.2. The van der Waals surface area contributed by atoms with Gasteiger partial charge in [0.15, 0.2) is 0 Å². The molecule has 0 bridgehead atoms. The van der Waals surface area contributed by atoms with E-state index in [1.165, 1.54) is 13.1 Å². The van der Waals surface area contributed by atoms with Crippen LogP contribution in [0.5, 0.6) is 0 Å². The maximum Gasteiger partial charge on any atom is 0.490 e. The van der Waals surface area contributed by atoms with Gasteiger partial charge in [-0.05, 0) is 6.92 Å². The van der Waals surface area contributed by atoms with Crippen LogP contribution in [-0.2, 0) is 31.6 Å².